The van der Waals surface area contributed by atoms with E-state index in [9.17, 15) is 0 Å². The Morgan fingerprint density at radius 1 is 1.05 bits per heavy atom. The molecule has 4 nitrogen and oxygen atoms in total. The average Bonchev–Trinajstić information content (AvgIpc) is 2.48. The lowest BCUT2D eigenvalue weighted by Gasteiger charge is -2.10. The molecule has 2 rings (SSSR count). The van der Waals surface area contributed by atoms with E-state index in [1.807, 2.05) is 60.9 Å². The molecule has 98 valence electrons. The fourth-order valence-electron chi connectivity index (χ4n) is 1.60. The lowest BCUT2D eigenvalue weighted by atomic mass is 10.3. The molecule has 0 amide bonds. The fraction of sp³-hybridized carbons (Fsp3) is 0.0714. The molecule has 0 fully saturated rings. The number of rotatable bonds is 3. The number of benzene rings is 2. The van der Waals surface area contributed by atoms with Crippen LogP contribution in [0.1, 0.15) is 0 Å². The smallest absolute Gasteiger partial charge is 0.215 e. The lowest BCUT2D eigenvalue weighted by Crippen LogP contribution is -2.35. The topological polar surface area (TPSA) is 62.4 Å². The standard InChI is InChI=1S/C14H16N4S/c1-19-13-10-6-5-9-12(13)17-14(18-15)16-11-7-3-2-4-8-11/h2-10H,15H2,1H3,(H2,16,17,18). The van der Waals surface area contributed by atoms with Crippen molar-refractivity contribution < 1.29 is 0 Å². The van der Waals surface area contributed by atoms with E-state index in [1.165, 1.54) is 0 Å². The summed E-state index contributed by atoms with van der Waals surface area (Å²) in [7, 11) is 0. The number of anilines is 1. The van der Waals surface area contributed by atoms with Crippen molar-refractivity contribution in [1.29, 1.82) is 0 Å². The van der Waals surface area contributed by atoms with Crippen LogP contribution in [0.2, 0.25) is 0 Å². The van der Waals surface area contributed by atoms with Crippen LogP contribution < -0.4 is 16.6 Å². The van der Waals surface area contributed by atoms with Gasteiger partial charge in [0.05, 0.1) is 5.69 Å². The molecule has 19 heavy (non-hydrogen) atoms. The van der Waals surface area contributed by atoms with Gasteiger partial charge in [-0.1, -0.05) is 30.3 Å². The van der Waals surface area contributed by atoms with E-state index in [2.05, 4.69) is 15.7 Å². The van der Waals surface area contributed by atoms with Crippen molar-refractivity contribution in [3.8, 4) is 0 Å². The summed E-state index contributed by atoms with van der Waals surface area (Å²) in [6.45, 7) is 0. The van der Waals surface area contributed by atoms with Gasteiger partial charge in [-0.2, -0.15) is 0 Å². The zero-order valence-electron chi connectivity index (χ0n) is 10.6. The molecule has 0 saturated carbocycles. The molecule has 0 heterocycles. The maximum atomic E-state index is 5.51. The van der Waals surface area contributed by atoms with Crippen molar-refractivity contribution in [1.82, 2.24) is 5.43 Å². The van der Waals surface area contributed by atoms with E-state index in [4.69, 9.17) is 5.84 Å². The van der Waals surface area contributed by atoms with Crippen LogP contribution in [0.3, 0.4) is 0 Å². The van der Waals surface area contributed by atoms with Crippen molar-refractivity contribution in [2.45, 2.75) is 4.90 Å². The second kappa shape index (κ2) is 6.82. The quantitative estimate of drug-likeness (QED) is 0.264. The van der Waals surface area contributed by atoms with Crippen LogP contribution in [0.15, 0.2) is 64.5 Å². The van der Waals surface area contributed by atoms with Crippen LogP contribution in [-0.2, 0) is 0 Å². The third-order valence-corrected chi connectivity index (χ3v) is 3.28. The Morgan fingerprint density at radius 2 is 1.74 bits per heavy atom. The average molecular weight is 272 g/mol. The molecule has 0 unspecified atom stereocenters. The highest BCUT2D eigenvalue weighted by atomic mass is 32.2. The van der Waals surface area contributed by atoms with Crippen molar-refractivity contribution in [2.24, 2.45) is 10.8 Å². The van der Waals surface area contributed by atoms with Gasteiger partial charge in [0.2, 0.25) is 5.96 Å². The third kappa shape index (κ3) is 3.74. The number of aliphatic imine (C=N–C) groups is 1. The second-order valence-corrected chi connectivity index (χ2v) is 4.62. The minimum absolute atomic E-state index is 0.507. The van der Waals surface area contributed by atoms with Crippen LogP contribution in [0.5, 0.6) is 0 Å². The van der Waals surface area contributed by atoms with Gasteiger partial charge in [0.25, 0.3) is 0 Å². The van der Waals surface area contributed by atoms with Gasteiger partial charge in [0.1, 0.15) is 0 Å². The second-order valence-electron chi connectivity index (χ2n) is 3.77. The van der Waals surface area contributed by atoms with Crippen LogP contribution in [0.4, 0.5) is 11.4 Å². The molecule has 0 saturated heterocycles. The third-order valence-electron chi connectivity index (χ3n) is 2.49. The first-order chi connectivity index (χ1) is 9.33. The molecule has 0 aromatic heterocycles. The minimum atomic E-state index is 0.507. The van der Waals surface area contributed by atoms with Gasteiger partial charge in [0.15, 0.2) is 0 Å². The SMILES string of the molecule is CSc1ccccc1N=C(NN)Nc1ccccc1. The number of hydrazine groups is 1. The van der Waals surface area contributed by atoms with E-state index >= 15 is 0 Å². The summed E-state index contributed by atoms with van der Waals surface area (Å²) in [6.07, 6.45) is 2.02. The van der Waals surface area contributed by atoms with Crippen molar-refractivity contribution >= 4 is 29.1 Å². The molecule has 0 bridgehead atoms. The fourth-order valence-corrected chi connectivity index (χ4v) is 2.13. The largest absolute Gasteiger partial charge is 0.325 e. The van der Waals surface area contributed by atoms with Gasteiger partial charge in [0, 0.05) is 10.6 Å². The van der Waals surface area contributed by atoms with Crippen LogP contribution >= 0.6 is 11.8 Å². The normalized spacial score (nSPS) is 11.2. The van der Waals surface area contributed by atoms with Crippen LogP contribution in [0.25, 0.3) is 0 Å². The van der Waals surface area contributed by atoms with Crippen molar-refractivity contribution in [2.75, 3.05) is 11.6 Å². The predicted octanol–water partition coefficient (Wildman–Crippen LogP) is 2.97. The van der Waals surface area contributed by atoms with Gasteiger partial charge >= 0.3 is 0 Å². The van der Waals surface area contributed by atoms with Crippen LogP contribution in [0, 0.1) is 0 Å². The Bertz CT molecular complexity index is 554. The van der Waals surface area contributed by atoms with E-state index in [-0.39, 0.29) is 0 Å². The molecule has 5 heteroatoms. The van der Waals surface area contributed by atoms with Crippen molar-refractivity contribution in [3.05, 3.63) is 54.6 Å². The van der Waals surface area contributed by atoms with E-state index in [1.54, 1.807) is 11.8 Å². The Hall–Kier alpha value is -1.98. The molecule has 0 atom stereocenters. The number of nitrogens with one attached hydrogen (secondary N) is 2. The molecular weight excluding hydrogens is 256 g/mol. The maximum Gasteiger partial charge on any atom is 0.215 e. The van der Waals surface area contributed by atoms with Gasteiger partial charge < -0.3 is 5.32 Å². The molecule has 4 N–H and O–H groups in total. The van der Waals surface area contributed by atoms with Crippen molar-refractivity contribution in [3.63, 3.8) is 0 Å². The van der Waals surface area contributed by atoms with Crippen LogP contribution in [-0.4, -0.2) is 12.2 Å². The van der Waals surface area contributed by atoms with E-state index in [0.717, 1.165) is 16.3 Å². The first kappa shape index (κ1) is 13.5. The first-order valence-corrected chi connectivity index (χ1v) is 7.06. The summed E-state index contributed by atoms with van der Waals surface area (Å²) >= 11 is 1.65. The Labute approximate surface area is 117 Å². The van der Waals surface area contributed by atoms with E-state index < -0.39 is 0 Å². The molecule has 0 radical (unpaired) electrons. The first-order valence-electron chi connectivity index (χ1n) is 5.84. The highest BCUT2D eigenvalue weighted by Gasteiger charge is 2.02. The van der Waals surface area contributed by atoms with Gasteiger partial charge in [-0.05, 0) is 30.5 Å². The molecule has 0 aliphatic rings. The number of nitrogens with two attached hydrogens (primary N) is 1. The summed E-state index contributed by atoms with van der Waals surface area (Å²) in [5.41, 5.74) is 4.39. The van der Waals surface area contributed by atoms with Gasteiger partial charge in [-0.3, -0.25) is 5.43 Å². The molecule has 0 aliphatic heterocycles. The number of guanidine groups is 1. The molecule has 0 aliphatic carbocycles. The highest BCUT2D eigenvalue weighted by Crippen LogP contribution is 2.27. The molecule has 0 spiro atoms. The molecule has 2 aromatic carbocycles. The Balaban J connectivity index is 2.23. The number of para-hydroxylation sites is 2. The number of hydrogen-bond donors (Lipinski definition) is 3. The maximum absolute atomic E-state index is 5.51. The van der Waals surface area contributed by atoms with Gasteiger partial charge in [-0.15, -0.1) is 11.8 Å². The number of nitrogens with zero attached hydrogens (tertiary/aromatic N) is 1. The monoisotopic (exact) mass is 272 g/mol. The van der Waals surface area contributed by atoms with Gasteiger partial charge in [-0.25, -0.2) is 10.8 Å². The summed E-state index contributed by atoms with van der Waals surface area (Å²) in [6, 6.07) is 17.7. The molecular formula is C14H16N4S. The number of thioether (sulfide) groups is 1. The summed E-state index contributed by atoms with van der Waals surface area (Å²) in [5, 5.41) is 3.13. The van der Waals surface area contributed by atoms with E-state index in [0.29, 0.717) is 5.96 Å². The minimum Gasteiger partial charge on any atom is -0.325 e. The number of hydrogen-bond acceptors (Lipinski definition) is 3. The lowest BCUT2D eigenvalue weighted by molar-refractivity contribution is 1.02. The summed E-state index contributed by atoms with van der Waals surface area (Å²) in [5.74, 6) is 6.02. The molecule has 2 aromatic rings. The summed E-state index contributed by atoms with van der Waals surface area (Å²) < 4.78 is 0. The predicted molar refractivity (Wildman–Crippen MR) is 82.7 cm³/mol. The summed E-state index contributed by atoms with van der Waals surface area (Å²) in [4.78, 5) is 5.59. The highest BCUT2D eigenvalue weighted by molar-refractivity contribution is 7.98. The zero-order chi connectivity index (χ0) is 13.5. The Kier molecular flexibility index (Phi) is 4.83. The zero-order valence-corrected chi connectivity index (χ0v) is 11.4. The Morgan fingerprint density at radius 3 is 2.42 bits per heavy atom.